The maximum Gasteiger partial charge on any atom is 0.0930 e. The Balaban J connectivity index is 2.32. The van der Waals surface area contributed by atoms with Crippen LogP contribution in [-0.4, -0.2) is 30.4 Å². The van der Waals surface area contributed by atoms with E-state index in [0.717, 1.165) is 5.94 Å². The Labute approximate surface area is 59.1 Å². The zero-order chi connectivity index (χ0) is 6.69. The van der Waals surface area contributed by atoms with Gasteiger partial charge in [-0.25, -0.2) is 0 Å². The number of ether oxygens (including phenoxy) is 1. The van der Waals surface area contributed by atoms with Crippen LogP contribution in [0.3, 0.4) is 0 Å². The van der Waals surface area contributed by atoms with Crippen LogP contribution in [0, 0.1) is 0 Å². The third-order valence-corrected chi connectivity index (χ3v) is 2.64. The average molecular weight is 148 g/mol. The summed E-state index contributed by atoms with van der Waals surface area (Å²) in [4.78, 5) is 0. The Morgan fingerprint density at radius 2 is 2.22 bits per heavy atom. The second-order valence-corrected chi connectivity index (χ2v) is 3.17. The molecule has 1 rings (SSSR count). The highest BCUT2D eigenvalue weighted by Gasteiger charge is 2.25. The van der Waals surface area contributed by atoms with Crippen LogP contribution in [0.1, 0.15) is 0 Å². The number of hydrogen-bond donors (Lipinski definition) is 2. The predicted octanol–water partition coefficient (Wildman–Crippen LogP) is -0.638. The Morgan fingerprint density at radius 1 is 1.44 bits per heavy atom. The van der Waals surface area contributed by atoms with E-state index in [1.807, 2.05) is 0 Å². The zero-order valence-electron chi connectivity index (χ0n) is 5.25. The van der Waals surface area contributed by atoms with Crippen LogP contribution in [0.4, 0.5) is 0 Å². The van der Waals surface area contributed by atoms with Gasteiger partial charge in [-0.05, 0) is 0 Å². The van der Waals surface area contributed by atoms with Gasteiger partial charge in [0.15, 0.2) is 0 Å². The number of hydrogen-bond acceptors (Lipinski definition) is 4. The van der Waals surface area contributed by atoms with Crippen molar-refractivity contribution in [2.24, 2.45) is 11.5 Å². The van der Waals surface area contributed by atoms with Gasteiger partial charge in [0.05, 0.1) is 12.0 Å². The lowest BCUT2D eigenvalue weighted by Crippen LogP contribution is -2.33. The van der Waals surface area contributed by atoms with Gasteiger partial charge in [-0.3, -0.25) is 0 Å². The fourth-order valence-corrected chi connectivity index (χ4v) is 1.84. The predicted molar refractivity (Wildman–Crippen MR) is 39.2 cm³/mol. The standard InChI is InChI=1S/C5H12N2OS/c6-1-4-5(2-7)9-3-8-4/h4-5H,1-3,6-7H2. The number of thioether (sulfide) groups is 1. The van der Waals surface area contributed by atoms with Crippen LogP contribution in [0.2, 0.25) is 0 Å². The van der Waals surface area contributed by atoms with Crippen molar-refractivity contribution < 1.29 is 4.74 Å². The van der Waals surface area contributed by atoms with E-state index in [2.05, 4.69) is 0 Å². The first-order valence-electron chi connectivity index (χ1n) is 3.02. The molecule has 0 spiro atoms. The fourth-order valence-electron chi connectivity index (χ4n) is 0.868. The number of nitrogens with two attached hydrogens (primary N) is 2. The molecule has 2 atom stereocenters. The Morgan fingerprint density at radius 3 is 2.67 bits per heavy atom. The molecular weight excluding hydrogens is 136 g/mol. The summed E-state index contributed by atoms with van der Waals surface area (Å²) in [5, 5.41) is 0.426. The molecule has 0 aromatic rings. The lowest BCUT2D eigenvalue weighted by Gasteiger charge is -2.11. The van der Waals surface area contributed by atoms with Gasteiger partial charge in [-0.1, -0.05) is 0 Å². The van der Waals surface area contributed by atoms with Crippen LogP contribution >= 0.6 is 11.8 Å². The number of rotatable bonds is 2. The average Bonchev–Trinajstić information content (AvgIpc) is 2.33. The molecule has 0 aliphatic carbocycles. The van der Waals surface area contributed by atoms with Crippen molar-refractivity contribution in [3.05, 3.63) is 0 Å². The van der Waals surface area contributed by atoms with Crippen LogP contribution in [0.15, 0.2) is 0 Å². The van der Waals surface area contributed by atoms with E-state index in [1.54, 1.807) is 11.8 Å². The second kappa shape index (κ2) is 3.41. The minimum atomic E-state index is 0.194. The highest BCUT2D eigenvalue weighted by molar-refractivity contribution is 8.00. The van der Waals surface area contributed by atoms with Crippen molar-refractivity contribution in [1.29, 1.82) is 0 Å². The topological polar surface area (TPSA) is 61.3 Å². The van der Waals surface area contributed by atoms with Crippen molar-refractivity contribution >= 4 is 11.8 Å². The van der Waals surface area contributed by atoms with Gasteiger partial charge in [-0.15, -0.1) is 11.8 Å². The minimum absolute atomic E-state index is 0.194. The molecule has 1 heterocycles. The summed E-state index contributed by atoms with van der Waals surface area (Å²) < 4.78 is 5.26. The molecule has 0 saturated carbocycles. The van der Waals surface area contributed by atoms with E-state index in [0.29, 0.717) is 18.3 Å². The first kappa shape index (κ1) is 7.34. The van der Waals surface area contributed by atoms with Gasteiger partial charge in [-0.2, -0.15) is 0 Å². The lowest BCUT2D eigenvalue weighted by atomic mass is 10.2. The van der Waals surface area contributed by atoms with Crippen molar-refractivity contribution in [2.45, 2.75) is 11.4 Å². The second-order valence-electron chi connectivity index (χ2n) is 2.00. The van der Waals surface area contributed by atoms with E-state index in [9.17, 15) is 0 Å². The maximum absolute atomic E-state index is 5.44. The molecule has 0 radical (unpaired) electrons. The summed E-state index contributed by atoms with van der Waals surface area (Å²) in [6.07, 6.45) is 0.194. The molecule has 3 nitrogen and oxygen atoms in total. The molecule has 0 amide bonds. The van der Waals surface area contributed by atoms with Crippen LogP contribution < -0.4 is 11.5 Å². The Hall–Kier alpha value is 0.230. The lowest BCUT2D eigenvalue weighted by molar-refractivity contribution is 0.115. The molecule has 4 heteroatoms. The molecule has 1 aliphatic rings. The van der Waals surface area contributed by atoms with Crippen molar-refractivity contribution in [3.8, 4) is 0 Å². The Bertz CT molecular complexity index is 81.0. The molecule has 1 saturated heterocycles. The highest BCUT2D eigenvalue weighted by atomic mass is 32.2. The molecule has 4 N–H and O–H groups in total. The van der Waals surface area contributed by atoms with Crippen molar-refractivity contribution in [3.63, 3.8) is 0 Å². The first-order valence-corrected chi connectivity index (χ1v) is 4.06. The fraction of sp³-hybridized carbons (Fsp3) is 1.00. The van der Waals surface area contributed by atoms with E-state index in [1.165, 1.54) is 0 Å². The van der Waals surface area contributed by atoms with E-state index >= 15 is 0 Å². The molecule has 54 valence electrons. The van der Waals surface area contributed by atoms with Crippen LogP contribution in [0.25, 0.3) is 0 Å². The van der Waals surface area contributed by atoms with Gasteiger partial charge in [0.1, 0.15) is 0 Å². The smallest absolute Gasteiger partial charge is 0.0930 e. The zero-order valence-corrected chi connectivity index (χ0v) is 6.06. The molecule has 1 fully saturated rings. The molecule has 0 bridgehead atoms. The summed E-state index contributed by atoms with van der Waals surface area (Å²) in [5.41, 5.74) is 10.8. The third-order valence-electron chi connectivity index (χ3n) is 1.44. The first-order chi connectivity index (χ1) is 4.38. The quantitative estimate of drug-likeness (QED) is 0.547. The monoisotopic (exact) mass is 148 g/mol. The molecule has 2 unspecified atom stereocenters. The normalized spacial score (nSPS) is 35.3. The summed E-state index contributed by atoms with van der Waals surface area (Å²) in [5.74, 6) is 0.754. The molecule has 0 aromatic carbocycles. The molecular formula is C5H12N2OS. The van der Waals surface area contributed by atoms with Gasteiger partial charge in [0.25, 0.3) is 0 Å². The third kappa shape index (κ3) is 1.58. The molecule has 9 heavy (non-hydrogen) atoms. The largest absolute Gasteiger partial charge is 0.365 e. The van der Waals surface area contributed by atoms with Gasteiger partial charge in [0.2, 0.25) is 0 Å². The van der Waals surface area contributed by atoms with Gasteiger partial charge in [0, 0.05) is 18.3 Å². The molecule has 0 aromatic heterocycles. The van der Waals surface area contributed by atoms with Gasteiger partial charge < -0.3 is 16.2 Å². The van der Waals surface area contributed by atoms with Crippen molar-refractivity contribution in [1.82, 2.24) is 0 Å². The van der Waals surface area contributed by atoms with E-state index < -0.39 is 0 Å². The van der Waals surface area contributed by atoms with Crippen LogP contribution in [-0.2, 0) is 4.74 Å². The van der Waals surface area contributed by atoms with Gasteiger partial charge >= 0.3 is 0 Å². The summed E-state index contributed by atoms with van der Waals surface area (Å²) in [6.45, 7) is 1.27. The SMILES string of the molecule is NCC1OCSC1CN. The van der Waals surface area contributed by atoms with E-state index in [-0.39, 0.29) is 6.10 Å². The van der Waals surface area contributed by atoms with E-state index in [4.69, 9.17) is 16.2 Å². The summed E-state index contributed by atoms with van der Waals surface area (Å²) >= 11 is 1.75. The molecule has 1 aliphatic heterocycles. The summed E-state index contributed by atoms with van der Waals surface area (Å²) in [6, 6.07) is 0. The minimum Gasteiger partial charge on any atom is -0.365 e. The van der Waals surface area contributed by atoms with Crippen molar-refractivity contribution in [2.75, 3.05) is 19.0 Å². The summed E-state index contributed by atoms with van der Waals surface area (Å²) in [7, 11) is 0. The Kier molecular flexibility index (Phi) is 2.78. The highest BCUT2D eigenvalue weighted by Crippen LogP contribution is 2.23. The maximum atomic E-state index is 5.44. The van der Waals surface area contributed by atoms with Crippen LogP contribution in [0.5, 0.6) is 0 Å².